The van der Waals surface area contributed by atoms with Gasteiger partial charge in [0.15, 0.2) is 0 Å². The van der Waals surface area contributed by atoms with Gasteiger partial charge in [0, 0.05) is 13.6 Å². The number of likely N-dealkylation sites (N-methyl/N-ethyl adjacent to an activating group) is 1. The fourth-order valence-electron chi connectivity index (χ4n) is 1.92. The molecule has 3 nitrogen and oxygen atoms in total. The average molecular weight is 339 g/mol. The lowest BCUT2D eigenvalue weighted by Gasteiger charge is -2.29. The Morgan fingerprint density at radius 1 is 1.18 bits per heavy atom. The third kappa shape index (κ3) is 6.23. The first kappa shape index (κ1) is 20.7. The van der Waals surface area contributed by atoms with Crippen molar-refractivity contribution in [3.05, 3.63) is 35.4 Å². The molecule has 0 radical (unpaired) electrons. The summed E-state index contributed by atoms with van der Waals surface area (Å²) in [6.45, 7) is 4.86. The molecule has 0 aliphatic rings. The molecule has 126 valence electrons. The van der Waals surface area contributed by atoms with Gasteiger partial charge in [-0.2, -0.15) is 13.2 Å². The maximum Gasteiger partial charge on any atom is 0.416 e. The predicted octanol–water partition coefficient (Wildman–Crippen LogP) is 3.11. The largest absolute Gasteiger partial charge is 0.416 e. The van der Waals surface area contributed by atoms with Gasteiger partial charge in [-0.3, -0.25) is 4.79 Å². The zero-order valence-corrected chi connectivity index (χ0v) is 13.7. The molecule has 22 heavy (non-hydrogen) atoms. The zero-order chi connectivity index (χ0) is 16.3. The molecule has 0 aliphatic carbocycles. The number of halogens is 4. The minimum atomic E-state index is -4.36. The van der Waals surface area contributed by atoms with Gasteiger partial charge in [0.25, 0.3) is 0 Å². The second-order valence-electron chi connectivity index (χ2n) is 5.99. The molecule has 0 aliphatic heterocycles. The zero-order valence-electron chi connectivity index (χ0n) is 12.9. The van der Waals surface area contributed by atoms with Crippen molar-refractivity contribution < 1.29 is 18.0 Å². The van der Waals surface area contributed by atoms with Crippen LogP contribution in [0.25, 0.3) is 0 Å². The molecule has 1 aromatic rings. The fraction of sp³-hybridized carbons (Fsp3) is 0.533. The van der Waals surface area contributed by atoms with Crippen LogP contribution in [-0.4, -0.2) is 30.9 Å². The van der Waals surface area contributed by atoms with Gasteiger partial charge in [0.1, 0.15) is 0 Å². The van der Waals surface area contributed by atoms with Crippen LogP contribution in [0.2, 0.25) is 0 Å². The van der Waals surface area contributed by atoms with Gasteiger partial charge in [-0.1, -0.05) is 26.0 Å². The smallest absolute Gasteiger partial charge is 0.345 e. The van der Waals surface area contributed by atoms with E-state index in [-0.39, 0.29) is 30.2 Å². The molecule has 0 bridgehead atoms. The summed E-state index contributed by atoms with van der Waals surface area (Å²) in [7, 11) is 1.67. The van der Waals surface area contributed by atoms with Crippen LogP contribution in [0.15, 0.2) is 24.3 Å². The van der Waals surface area contributed by atoms with Crippen LogP contribution in [0.3, 0.4) is 0 Å². The molecular weight excluding hydrogens is 317 g/mol. The standard InChI is InChI=1S/C15H21F3N2O.ClH/c1-14(2,9-19)10-20(3)13(21)8-11-4-6-12(7-5-11)15(16,17)18;/h4-7H,8-10,19H2,1-3H3;1H. The van der Waals surface area contributed by atoms with Gasteiger partial charge < -0.3 is 10.6 Å². The summed E-state index contributed by atoms with van der Waals surface area (Å²) >= 11 is 0. The van der Waals surface area contributed by atoms with E-state index in [1.807, 2.05) is 13.8 Å². The molecule has 1 amide bonds. The van der Waals surface area contributed by atoms with Gasteiger partial charge in [-0.05, 0) is 29.7 Å². The Morgan fingerprint density at radius 3 is 2.09 bits per heavy atom. The maximum absolute atomic E-state index is 12.4. The van der Waals surface area contributed by atoms with Gasteiger partial charge in [-0.15, -0.1) is 12.4 Å². The van der Waals surface area contributed by atoms with Crippen LogP contribution >= 0.6 is 12.4 Å². The molecule has 2 N–H and O–H groups in total. The number of carbonyl (C=O) groups is 1. The summed E-state index contributed by atoms with van der Waals surface area (Å²) < 4.78 is 37.3. The number of nitrogens with two attached hydrogens (primary N) is 1. The Morgan fingerprint density at radius 2 is 1.68 bits per heavy atom. The molecule has 0 unspecified atom stereocenters. The molecule has 0 saturated carbocycles. The summed E-state index contributed by atoms with van der Waals surface area (Å²) in [5.74, 6) is -0.142. The minimum Gasteiger partial charge on any atom is -0.345 e. The lowest BCUT2D eigenvalue weighted by Crippen LogP contribution is -2.40. The number of amides is 1. The van der Waals surface area contributed by atoms with Crippen molar-refractivity contribution in [1.29, 1.82) is 0 Å². The fourth-order valence-corrected chi connectivity index (χ4v) is 1.92. The molecule has 0 atom stereocenters. The van der Waals surface area contributed by atoms with Crippen LogP contribution in [0.5, 0.6) is 0 Å². The monoisotopic (exact) mass is 338 g/mol. The quantitative estimate of drug-likeness (QED) is 0.896. The molecule has 0 aromatic heterocycles. The van der Waals surface area contributed by atoms with Crippen molar-refractivity contribution in [3.63, 3.8) is 0 Å². The number of carbonyl (C=O) groups excluding carboxylic acids is 1. The van der Waals surface area contributed by atoms with Gasteiger partial charge >= 0.3 is 6.18 Å². The van der Waals surface area contributed by atoms with Gasteiger partial charge in [-0.25, -0.2) is 0 Å². The molecule has 1 aromatic carbocycles. The second-order valence-corrected chi connectivity index (χ2v) is 5.99. The first-order valence-corrected chi connectivity index (χ1v) is 6.65. The maximum atomic E-state index is 12.4. The van der Waals surface area contributed by atoms with Crippen molar-refractivity contribution in [3.8, 4) is 0 Å². The van der Waals surface area contributed by atoms with Crippen LogP contribution in [0.1, 0.15) is 25.0 Å². The van der Waals surface area contributed by atoms with Crippen molar-refractivity contribution in [1.82, 2.24) is 4.90 Å². The van der Waals surface area contributed by atoms with E-state index in [9.17, 15) is 18.0 Å². The summed E-state index contributed by atoms with van der Waals surface area (Å²) in [4.78, 5) is 13.6. The first-order valence-electron chi connectivity index (χ1n) is 6.65. The Bertz CT molecular complexity index is 487. The molecule has 0 heterocycles. The lowest BCUT2D eigenvalue weighted by molar-refractivity contribution is -0.137. The van der Waals surface area contributed by atoms with E-state index in [0.29, 0.717) is 18.7 Å². The van der Waals surface area contributed by atoms with E-state index in [4.69, 9.17) is 5.73 Å². The predicted molar refractivity (Wildman–Crippen MR) is 82.9 cm³/mol. The van der Waals surface area contributed by atoms with Crippen molar-refractivity contribution >= 4 is 18.3 Å². The Balaban J connectivity index is 0.00000441. The van der Waals surface area contributed by atoms with E-state index in [1.165, 1.54) is 12.1 Å². The molecule has 0 fully saturated rings. The number of benzene rings is 1. The average Bonchev–Trinajstić information content (AvgIpc) is 2.37. The van der Waals surface area contributed by atoms with Gasteiger partial charge in [0.2, 0.25) is 5.91 Å². The molecule has 7 heteroatoms. The van der Waals surface area contributed by atoms with Crippen molar-refractivity contribution in [2.24, 2.45) is 11.1 Å². The van der Waals surface area contributed by atoms with Crippen LogP contribution in [0.4, 0.5) is 13.2 Å². The van der Waals surface area contributed by atoms with Crippen LogP contribution < -0.4 is 5.73 Å². The second kappa shape index (κ2) is 7.83. The highest BCUT2D eigenvalue weighted by Gasteiger charge is 2.30. The number of nitrogens with zero attached hydrogens (tertiary/aromatic N) is 1. The SMILES string of the molecule is CN(CC(C)(C)CN)C(=O)Cc1ccc(C(F)(F)F)cc1.Cl. The normalized spacial score (nSPS) is 11.8. The van der Waals surface area contributed by atoms with E-state index in [2.05, 4.69) is 0 Å². The number of alkyl halides is 3. The molecule has 1 rings (SSSR count). The van der Waals surface area contributed by atoms with E-state index < -0.39 is 11.7 Å². The van der Waals surface area contributed by atoms with Crippen molar-refractivity contribution in [2.75, 3.05) is 20.1 Å². The van der Waals surface area contributed by atoms with E-state index in [1.54, 1.807) is 11.9 Å². The number of rotatable bonds is 5. The summed E-state index contributed by atoms with van der Waals surface area (Å²) in [6.07, 6.45) is -4.28. The highest BCUT2D eigenvalue weighted by atomic mass is 35.5. The highest BCUT2D eigenvalue weighted by Crippen LogP contribution is 2.29. The summed E-state index contributed by atoms with van der Waals surface area (Å²) in [5, 5.41) is 0. The lowest BCUT2D eigenvalue weighted by atomic mass is 9.93. The third-order valence-corrected chi connectivity index (χ3v) is 3.28. The topological polar surface area (TPSA) is 46.3 Å². The first-order chi connectivity index (χ1) is 9.55. The Hall–Kier alpha value is -1.27. The summed E-state index contributed by atoms with van der Waals surface area (Å²) in [6, 6.07) is 4.66. The van der Waals surface area contributed by atoms with E-state index in [0.717, 1.165) is 12.1 Å². The Kier molecular flexibility index (Phi) is 7.38. The molecule has 0 saturated heterocycles. The van der Waals surface area contributed by atoms with Gasteiger partial charge in [0.05, 0.1) is 12.0 Å². The minimum absolute atomic E-state index is 0. The number of hydrogen-bond acceptors (Lipinski definition) is 2. The Labute approximate surface area is 135 Å². The molecular formula is C15H22ClF3N2O. The van der Waals surface area contributed by atoms with E-state index >= 15 is 0 Å². The van der Waals surface area contributed by atoms with Crippen LogP contribution in [0, 0.1) is 5.41 Å². The molecule has 0 spiro atoms. The van der Waals surface area contributed by atoms with Crippen LogP contribution in [-0.2, 0) is 17.4 Å². The highest BCUT2D eigenvalue weighted by molar-refractivity contribution is 5.85. The summed E-state index contributed by atoms with van der Waals surface area (Å²) in [5.41, 5.74) is 5.28. The third-order valence-electron chi connectivity index (χ3n) is 3.28. The van der Waals surface area contributed by atoms with Crippen molar-refractivity contribution in [2.45, 2.75) is 26.4 Å². The number of hydrogen-bond donors (Lipinski definition) is 1.